The summed E-state index contributed by atoms with van der Waals surface area (Å²) in [5, 5.41) is 0. The molecule has 4 heteroatoms. The first-order chi connectivity index (χ1) is 5.76. The Morgan fingerprint density at radius 3 is 2.83 bits per heavy atom. The Kier molecular flexibility index (Phi) is 3.47. The zero-order valence-electron chi connectivity index (χ0n) is 7.17. The third-order valence-corrected chi connectivity index (χ3v) is 1.81. The summed E-state index contributed by atoms with van der Waals surface area (Å²) in [4.78, 5) is 8.38. The van der Waals surface area contributed by atoms with Gasteiger partial charge in [0.2, 0.25) is 5.88 Å². The molecule has 0 atom stereocenters. The van der Waals surface area contributed by atoms with Crippen molar-refractivity contribution in [2.75, 3.05) is 7.11 Å². The summed E-state index contributed by atoms with van der Waals surface area (Å²) in [5.74, 6) is 1.43. The van der Waals surface area contributed by atoms with Gasteiger partial charge in [0.15, 0.2) is 0 Å². The van der Waals surface area contributed by atoms with Gasteiger partial charge in [-0.3, -0.25) is 0 Å². The summed E-state index contributed by atoms with van der Waals surface area (Å²) in [5.41, 5.74) is 0. The van der Waals surface area contributed by atoms with Crippen LogP contribution in [-0.2, 0) is 6.42 Å². The third kappa shape index (κ3) is 2.44. The van der Waals surface area contributed by atoms with Crippen LogP contribution in [-0.4, -0.2) is 17.1 Å². The van der Waals surface area contributed by atoms with Crippen molar-refractivity contribution in [1.82, 2.24) is 9.97 Å². The van der Waals surface area contributed by atoms with Crippen molar-refractivity contribution in [3.05, 3.63) is 16.5 Å². The van der Waals surface area contributed by atoms with Crippen molar-refractivity contribution in [3.8, 4) is 5.88 Å². The fourth-order valence-corrected chi connectivity index (χ4v) is 1.28. The van der Waals surface area contributed by atoms with Crippen molar-refractivity contribution in [3.63, 3.8) is 0 Å². The summed E-state index contributed by atoms with van der Waals surface area (Å²) in [7, 11) is 1.60. The van der Waals surface area contributed by atoms with E-state index < -0.39 is 0 Å². The van der Waals surface area contributed by atoms with Gasteiger partial charge < -0.3 is 4.74 Å². The molecule has 0 bridgehead atoms. The van der Waals surface area contributed by atoms with E-state index in [9.17, 15) is 0 Å². The number of halogens is 1. The highest BCUT2D eigenvalue weighted by Crippen LogP contribution is 2.14. The monoisotopic (exact) mass is 230 g/mol. The van der Waals surface area contributed by atoms with Crippen LogP contribution in [0.15, 0.2) is 10.7 Å². The summed E-state index contributed by atoms with van der Waals surface area (Å²) >= 11 is 3.29. The average Bonchev–Trinajstić information content (AvgIpc) is 2.04. The molecule has 1 heterocycles. The molecule has 0 amide bonds. The van der Waals surface area contributed by atoms with Gasteiger partial charge in [0.1, 0.15) is 10.4 Å². The normalized spacial score (nSPS) is 9.92. The standard InChI is InChI=1S/C8H11BrN2O/c1-3-4-7-10-6(9)5-8(11-7)12-2/h5H,3-4H2,1-2H3. The molecule has 0 saturated heterocycles. The molecule has 3 nitrogen and oxygen atoms in total. The predicted octanol–water partition coefficient (Wildman–Crippen LogP) is 2.20. The first kappa shape index (κ1) is 9.45. The molecule has 0 fully saturated rings. The number of nitrogens with zero attached hydrogens (tertiary/aromatic N) is 2. The van der Waals surface area contributed by atoms with Gasteiger partial charge in [-0.15, -0.1) is 0 Å². The van der Waals surface area contributed by atoms with Crippen LogP contribution < -0.4 is 4.74 Å². The van der Waals surface area contributed by atoms with E-state index in [1.54, 1.807) is 13.2 Å². The molecular weight excluding hydrogens is 220 g/mol. The topological polar surface area (TPSA) is 35.0 Å². The van der Waals surface area contributed by atoms with Crippen LogP contribution in [0.25, 0.3) is 0 Å². The maximum Gasteiger partial charge on any atom is 0.217 e. The first-order valence-corrected chi connectivity index (χ1v) is 4.63. The van der Waals surface area contributed by atoms with Crippen LogP contribution in [0, 0.1) is 0 Å². The zero-order chi connectivity index (χ0) is 8.97. The fourth-order valence-electron chi connectivity index (χ4n) is 0.882. The van der Waals surface area contributed by atoms with Crippen LogP contribution in [0.5, 0.6) is 5.88 Å². The van der Waals surface area contributed by atoms with Crippen molar-refractivity contribution in [1.29, 1.82) is 0 Å². The van der Waals surface area contributed by atoms with E-state index in [2.05, 4.69) is 32.8 Å². The molecule has 0 aliphatic carbocycles. The van der Waals surface area contributed by atoms with E-state index >= 15 is 0 Å². The molecule has 0 aliphatic rings. The van der Waals surface area contributed by atoms with Gasteiger partial charge in [-0.2, -0.15) is 4.98 Å². The maximum absolute atomic E-state index is 5.00. The molecule has 0 aliphatic heterocycles. The zero-order valence-corrected chi connectivity index (χ0v) is 8.76. The largest absolute Gasteiger partial charge is 0.481 e. The van der Waals surface area contributed by atoms with Crippen LogP contribution in [0.1, 0.15) is 19.2 Å². The lowest BCUT2D eigenvalue weighted by atomic mass is 10.3. The fraction of sp³-hybridized carbons (Fsp3) is 0.500. The van der Waals surface area contributed by atoms with Gasteiger partial charge in [-0.1, -0.05) is 6.92 Å². The Balaban J connectivity index is 2.90. The molecule has 0 unspecified atom stereocenters. The van der Waals surface area contributed by atoms with Crippen LogP contribution in [0.3, 0.4) is 0 Å². The highest BCUT2D eigenvalue weighted by molar-refractivity contribution is 9.10. The van der Waals surface area contributed by atoms with Gasteiger partial charge in [0, 0.05) is 12.5 Å². The van der Waals surface area contributed by atoms with E-state index in [4.69, 9.17) is 4.74 Å². The van der Waals surface area contributed by atoms with Crippen molar-refractivity contribution >= 4 is 15.9 Å². The summed E-state index contributed by atoms with van der Waals surface area (Å²) in [6, 6.07) is 1.75. The van der Waals surface area contributed by atoms with Crippen LogP contribution in [0.2, 0.25) is 0 Å². The van der Waals surface area contributed by atoms with Crippen molar-refractivity contribution in [2.24, 2.45) is 0 Å². The molecule has 12 heavy (non-hydrogen) atoms. The molecule has 0 radical (unpaired) electrons. The minimum atomic E-state index is 0.611. The van der Waals surface area contributed by atoms with Crippen molar-refractivity contribution < 1.29 is 4.74 Å². The number of aromatic nitrogens is 2. The van der Waals surface area contributed by atoms with Crippen molar-refractivity contribution in [2.45, 2.75) is 19.8 Å². The second kappa shape index (κ2) is 4.40. The first-order valence-electron chi connectivity index (χ1n) is 3.83. The molecule has 66 valence electrons. The Morgan fingerprint density at radius 1 is 1.50 bits per heavy atom. The SMILES string of the molecule is CCCc1nc(Br)cc(OC)n1. The Labute approximate surface area is 80.3 Å². The van der Waals surface area contributed by atoms with E-state index in [0.29, 0.717) is 5.88 Å². The quantitative estimate of drug-likeness (QED) is 0.748. The van der Waals surface area contributed by atoms with E-state index in [0.717, 1.165) is 23.3 Å². The number of rotatable bonds is 3. The minimum absolute atomic E-state index is 0.611. The molecule has 0 saturated carbocycles. The lowest BCUT2D eigenvalue weighted by molar-refractivity contribution is 0.394. The molecule has 1 rings (SSSR count). The molecule has 0 spiro atoms. The second-order valence-electron chi connectivity index (χ2n) is 2.40. The molecule has 0 N–H and O–H groups in total. The molecule has 1 aromatic rings. The van der Waals surface area contributed by atoms with Gasteiger partial charge in [0.05, 0.1) is 7.11 Å². The number of hydrogen-bond acceptors (Lipinski definition) is 3. The Hall–Kier alpha value is -0.640. The van der Waals surface area contributed by atoms with Crippen LogP contribution in [0.4, 0.5) is 0 Å². The average molecular weight is 231 g/mol. The lowest BCUT2D eigenvalue weighted by Crippen LogP contribution is -1.97. The van der Waals surface area contributed by atoms with E-state index in [1.165, 1.54) is 0 Å². The van der Waals surface area contributed by atoms with E-state index in [1.807, 2.05) is 0 Å². The van der Waals surface area contributed by atoms with Gasteiger partial charge in [0.25, 0.3) is 0 Å². The second-order valence-corrected chi connectivity index (χ2v) is 3.21. The highest BCUT2D eigenvalue weighted by atomic mass is 79.9. The maximum atomic E-state index is 5.00. The smallest absolute Gasteiger partial charge is 0.217 e. The minimum Gasteiger partial charge on any atom is -0.481 e. The molecule has 0 aromatic carbocycles. The van der Waals surface area contributed by atoms with Crippen LogP contribution >= 0.6 is 15.9 Å². The summed E-state index contributed by atoms with van der Waals surface area (Å²) < 4.78 is 5.78. The number of hydrogen-bond donors (Lipinski definition) is 0. The Morgan fingerprint density at radius 2 is 2.25 bits per heavy atom. The number of methoxy groups -OCH3 is 1. The summed E-state index contributed by atoms with van der Waals surface area (Å²) in [6.07, 6.45) is 1.93. The van der Waals surface area contributed by atoms with Gasteiger partial charge in [-0.05, 0) is 22.4 Å². The highest BCUT2D eigenvalue weighted by Gasteiger charge is 2.01. The molecular formula is C8H11BrN2O. The number of ether oxygens (including phenoxy) is 1. The van der Waals surface area contributed by atoms with Gasteiger partial charge in [-0.25, -0.2) is 4.98 Å². The molecule has 1 aromatic heterocycles. The van der Waals surface area contributed by atoms with E-state index in [-0.39, 0.29) is 0 Å². The summed E-state index contributed by atoms with van der Waals surface area (Å²) in [6.45, 7) is 2.09. The predicted molar refractivity (Wildman–Crippen MR) is 50.3 cm³/mol. The van der Waals surface area contributed by atoms with Gasteiger partial charge >= 0.3 is 0 Å². The Bertz CT molecular complexity index is 265. The third-order valence-electron chi connectivity index (χ3n) is 1.40. The lowest BCUT2D eigenvalue weighted by Gasteiger charge is -2.01. The number of aryl methyl sites for hydroxylation is 1.